The van der Waals surface area contributed by atoms with Crippen molar-refractivity contribution in [2.45, 2.75) is 12.5 Å². The van der Waals surface area contributed by atoms with Crippen LogP contribution in [0.4, 0.5) is 5.69 Å². The first-order valence-electron chi connectivity index (χ1n) is 5.90. The number of nitrogens with zero attached hydrogens (tertiary/aromatic N) is 2. The van der Waals surface area contributed by atoms with Crippen molar-refractivity contribution in [3.8, 4) is 5.75 Å². The third kappa shape index (κ3) is 3.41. The van der Waals surface area contributed by atoms with Crippen molar-refractivity contribution in [1.29, 1.82) is 0 Å². The fourth-order valence-electron chi connectivity index (χ4n) is 1.82. The second-order valence-electron chi connectivity index (χ2n) is 4.27. The molecule has 1 aliphatic heterocycles. The molecule has 2 rings (SSSR count). The molecule has 102 valence electrons. The molecular weight excluding hydrogens is 264 g/mol. The fourth-order valence-corrected chi connectivity index (χ4v) is 3.02. The van der Waals surface area contributed by atoms with Gasteiger partial charge in [0.15, 0.2) is 5.17 Å². The predicted molar refractivity (Wildman–Crippen MR) is 76.4 cm³/mol. The van der Waals surface area contributed by atoms with Gasteiger partial charge in [-0.15, -0.1) is 0 Å². The summed E-state index contributed by atoms with van der Waals surface area (Å²) in [6.45, 7) is 0. The summed E-state index contributed by atoms with van der Waals surface area (Å²) < 4.78 is 5.09. The Kier molecular flexibility index (Phi) is 4.31. The molecule has 1 aliphatic rings. The molecule has 1 saturated heterocycles. The lowest BCUT2D eigenvalue weighted by molar-refractivity contribution is -0.137. The summed E-state index contributed by atoms with van der Waals surface area (Å²) in [6.07, 6.45) is 0.144. The van der Waals surface area contributed by atoms with Crippen molar-refractivity contribution in [3.63, 3.8) is 0 Å². The molecule has 5 nitrogen and oxygen atoms in total. The van der Waals surface area contributed by atoms with Crippen LogP contribution in [0.3, 0.4) is 0 Å². The van der Waals surface area contributed by atoms with Crippen molar-refractivity contribution in [2.24, 2.45) is 4.99 Å². The van der Waals surface area contributed by atoms with E-state index in [1.165, 1.54) is 0 Å². The Morgan fingerprint density at radius 1 is 1.53 bits per heavy atom. The highest BCUT2D eigenvalue weighted by molar-refractivity contribution is 8.14. The molecule has 1 unspecified atom stereocenters. The van der Waals surface area contributed by atoms with Crippen LogP contribution in [0.1, 0.15) is 6.42 Å². The Balaban J connectivity index is 2.09. The number of rotatable bonds is 4. The van der Waals surface area contributed by atoms with Gasteiger partial charge in [-0.1, -0.05) is 11.8 Å². The van der Waals surface area contributed by atoms with Gasteiger partial charge in [-0.05, 0) is 24.3 Å². The number of aliphatic imine (C=N–C) groups is 1. The van der Waals surface area contributed by atoms with Crippen LogP contribution in [0.2, 0.25) is 0 Å². The van der Waals surface area contributed by atoms with E-state index in [2.05, 4.69) is 4.99 Å². The van der Waals surface area contributed by atoms with Gasteiger partial charge in [0.05, 0.1) is 25.3 Å². The smallest absolute Gasteiger partial charge is 0.305 e. The highest BCUT2D eigenvalue weighted by atomic mass is 32.2. The minimum atomic E-state index is -0.775. The first kappa shape index (κ1) is 13.7. The summed E-state index contributed by atoms with van der Waals surface area (Å²) in [5.41, 5.74) is 0.839. The third-order valence-electron chi connectivity index (χ3n) is 2.96. The lowest BCUT2D eigenvalue weighted by Crippen LogP contribution is -2.31. The van der Waals surface area contributed by atoms with Gasteiger partial charge in [0.2, 0.25) is 0 Å². The van der Waals surface area contributed by atoms with Gasteiger partial charge in [0.1, 0.15) is 5.75 Å². The second-order valence-corrected chi connectivity index (χ2v) is 5.25. The van der Waals surface area contributed by atoms with Crippen LogP contribution in [0, 0.1) is 0 Å². The molecule has 1 heterocycles. The van der Waals surface area contributed by atoms with Gasteiger partial charge in [-0.3, -0.25) is 4.79 Å². The van der Waals surface area contributed by atoms with Crippen molar-refractivity contribution in [3.05, 3.63) is 24.3 Å². The van der Waals surface area contributed by atoms with Crippen molar-refractivity contribution < 1.29 is 14.6 Å². The molecule has 1 N–H and O–H groups in total. The fraction of sp³-hybridized carbons (Fsp3) is 0.385. The van der Waals surface area contributed by atoms with Gasteiger partial charge in [0.25, 0.3) is 0 Å². The van der Waals surface area contributed by atoms with Crippen molar-refractivity contribution >= 4 is 28.6 Å². The molecule has 1 fully saturated rings. The number of amidine groups is 1. The average molecular weight is 280 g/mol. The maximum Gasteiger partial charge on any atom is 0.305 e. The monoisotopic (exact) mass is 280 g/mol. The van der Waals surface area contributed by atoms with Gasteiger partial charge in [-0.2, -0.15) is 0 Å². The van der Waals surface area contributed by atoms with Crippen LogP contribution < -0.4 is 4.74 Å². The summed E-state index contributed by atoms with van der Waals surface area (Å²) in [5.74, 6) is 0.779. The zero-order valence-electron chi connectivity index (χ0n) is 10.9. The van der Waals surface area contributed by atoms with Gasteiger partial charge in [-0.25, -0.2) is 4.99 Å². The van der Waals surface area contributed by atoms with E-state index in [1.807, 2.05) is 36.2 Å². The highest BCUT2D eigenvalue weighted by Crippen LogP contribution is 2.28. The van der Waals surface area contributed by atoms with Crippen molar-refractivity contribution in [1.82, 2.24) is 4.90 Å². The van der Waals surface area contributed by atoms with Crippen molar-refractivity contribution in [2.75, 3.05) is 19.9 Å². The summed E-state index contributed by atoms with van der Waals surface area (Å²) in [6, 6.07) is 7.48. The SMILES string of the molecule is COc1ccc(N=C2SCC(CC(=O)O)N2C)cc1. The van der Waals surface area contributed by atoms with Gasteiger partial charge < -0.3 is 14.7 Å². The average Bonchev–Trinajstić information content (AvgIpc) is 2.72. The Hall–Kier alpha value is -1.69. The Morgan fingerprint density at radius 3 is 2.79 bits per heavy atom. The molecule has 19 heavy (non-hydrogen) atoms. The van der Waals surface area contributed by atoms with E-state index < -0.39 is 5.97 Å². The summed E-state index contributed by atoms with van der Waals surface area (Å²) in [7, 11) is 3.51. The predicted octanol–water partition coefficient (Wildman–Crippen LogP) is 2.20. The quantitative estimate of drug-likeness (QED) is 0.916. The Morgan fingerprint density at radius 2 is 2.21 bits per heavy atom. The first-order chi connectivity index (χ1) is 9.10. The molecule has 1 aromatic rings. The maximum atomic E-state index is 10.7. The van der Waals surface area contributed by atoms with E-state index in [-0.39, 0.29) is 12.5 Å². The molecule has 0 bridgehead atoms. The molecule has 0 aliphatic carbocycles. The van der Waals surface area contributed by atoms with Crippen LogP contribution in [0.25, 0.3) is 0 Å². The lowest BCUT2D eigenvalue weighted by Gasteiger charge is -2.18. The topological polar surface area (TPSA) is 62.1 Å². The number of ether oxygens (including phenoxy) is 1. The van der Waals surface area contributed by atoms with E-state index in [0.717, 1.165) is 22.4 Å². The molecule has 1 aromatic carbocycles. The molecule has 6 heteroatoms. The molecule has 0 radical (unpaired) electrons. The summed E-state index contributed by atoms with van der Waals surface area (Å²) in [5, 5.41) is 9.69. The van der Waals surface area contributed by atoms with Crippen LogP contribution in [-0.2, 0) is 4.79 Å². The zero-order chi connectivity index (χ0) is 13.8. The number of hydrogen-bond donors (Lipinski definition) is 1. The standard InChI is InChI=1S/C13H16N2O3S/c1-15-10(7-12(16)17)8-19-13(15)14-9-3-5-11(18-2)6-4-9/h3-6,10H,7-8H2,1-2H3,(H,16,17). The van der Waals surface area contributed by atoms with Crippen LogP contribution in [0.5, 0.6) is 5.75 Å². The van der Waals surface area contributed by atoms with E-state index >= 15 is 0 Å². The van der Waals surface area contributed by atoms with Gasteiger partial charge >= 0.3 is 5.97 Å². The van der Waals surface area contributed by atoms with Crippen LogP contribution in [0.15, 0.2) is 29.3 Å². The largest absolute Gasteiger partial charge is 0.497 e. The number of carboxylic acid groups (broad SMARTS) is 1. The number of benzene rings is 1. The van der Waals surface area contributed by atoms with E-state index in [4.69, 9.17) is 9.84 Å². The van der Waals surface area contributed by atoms with E-state index in [1.54, 1.807) is 18.9 Å². The molecular formula is C13H16N2O3S. The van der Waals surface area contributed by atoms with E-state index in [9.17, 15) is 4.79 Å². The number of thioether (sulfide) groups is 1. The summed E-state index contributed by atoms with van der Waals surface area (Å²) in [4.78, 5) is 17.2. The minimum absolute atomic E-state index is 0.0134. The Labute approximate surface area is 116 Å². The number of carboxylic acids is 1. The van der Waals surface area contributed by atoms with Gasteiger partial charge in [0, 0.05) is 12.8 Å². The zero-order valence-corrected chi connectivity index (χ0v) is 11.7. The van der Waals surface area contributed by atoms with E-state index in [0.29, 0.717) is 0 Å². The van der Waals surface area contributed by atoms with Crippen LogP contribution in [-0.4, -0.2) is 47.1 Å². The first-order valence-corrected chi connectivity index (χ1v) is 6.89. The lowest BCUT2D eigenvalue weighted by atomic mass is 10.2. The maximum absolute atomic E-state index is 10.7. The molecule has 0 amide bonds. The Bertz CT molecular complexity index is 487. The number of hydrogen-bond acceptors (Lipinski definition) is 4. The van der Waals surface area contributed by atoms with Crippen LogP contribution >= 0.6 is 11.8 Å². The number of carbonyl (C=O) groups is 1. The third-order valence-corrected chi connectivity index (χ3v) is 4.15. The minimum Gasteiger partial charge on any atom is -0.497 e. The number of aliphatic carboxylic acids is 1. The highest BCUT2D eigenvalue weighted by Gasteiger charge is 2.28. The normalized spacial score (nSPS) is 20.8. The second kappa shape index (κ2) is 5.97. The molecule has 1 atom stereocenters. The number of methoxy groups -OCH3 is 1. The molecule has 0 saturated carbocycles. The summed E-state index contributed by atoms with van der Waals surface area (Å²) >= 11 is 1.59. The molecule has 0 aromatic heterocycles. The molecule has 0 spiro atoms.